The zero-order chi connectivity index (χ0) is 15.8. The number of thioether (sulfide) groups is 1. The Bertz CT molecular complexity index is 901. The first-order valence-electron chi connectivity index (χ1n) is 7.70. The zero-order valence-electron chi connectivity index (χ0n) is 12.9. The standard InChI is InChI=1S/C17H17N3OS2/c1-22-17-18-15(21)14-12-7-8-20(9-11-5-3-2-4-6-11)10-13(12)23-16(14)19-17/h2-6H,7-10H2,1H3,(H,18,19,21)/p+1. The Hall–Kier alpha value is -1.63. The Morgan fingerprint density at radius 2 is 2.17 bits per heavy atom. The summed E-state index contributed by atoms with van der Waals surface area (Å²) in [6, 6.07) is 10.6. The maximum absolute atomic E-state index is 12.4. The highest BCUT2D eigenvalue weighted by molar-refractivity contribution is 7.98. The van der Waals surface area contributed by atoms with Crippen LogP contribution >= 0.6 is 23.1 Å². The molecule has 4 rings (SSSR count). The van der Waals surface area contributed by atoms with Gasteiger partial charge < -0.3 is 9.88 Å². The molecule has 0 amide bonds. The van der Waals surface area contributed by atoms with Crippen molar-refractivity contribution in [2.24, 2.45) is 0 Å². The van der Waals surface area contributed by atoms with Gasteiger partial charge in [0.15, 0.2) is 5.16 Å². The van der Waals surface area contributed by atoms with Gasteiger partial charge in [-0.2, -0.15) is 0 Å². The number of nitrogens with one attached hydrogen (secondary N) is 2. The highest BCUT2D eigenvalue weighted by atomic mass is 32.2. The second kappa shape index (κ2) is 6.11. The van der Waals surface area contributed by atoms with Crippen LogP contribution in [0.1, 0.15) is 16.0 Å². The monoisotopic (exact) mass is 344 g/mol. The van der Waals surface area contributed by atoms with E-state index in [0.29, 0.717) is 5.16 Å². The molecule has 1 aliphatic rings. The fraction of sp³-hybridized carbons (Fsp3) is 0.294. The lowest BCUT2D eigenvalue weighted by Crippen LogP contribution is -3.10. The number of H-pyrrole nitrogens is 1. The minimum absolute atomic E-state index is 0.0170. The van der Waals surface area contributed by atoms with Crippen LogP contribution in [0.5, 0.6) is 0 Å². The fourth-order valence-corrected chi connectivity index (χ4v) is 4.97. The van der Waals surface area contributed by atoms with E-state index in [-0.39, 0.29) is 5.56 Å². The third-order valence-electron chi connectivity index (χ3n) is 4.35. The molecule has 2 N–H and O–H groups in total. The molecule has 1 aromatic carbocycles. The third kappa shape index (κ3) is 2.82. The molecule has 2 aromatic heterocycles. The molecule has 0 saturated carbocycles. The maximum atomic E-state index is 12.4. The molecule has 6 heteroatoms. The van der Waals surface area contributed by atoms with Gasteiger partial charge in [0.25, 0.3) is 5.56 Å². The quantitative estimate of drug-likeness (QED) is 0.563. The van der Waals surface area contributed by atoms with Crippen molar-refractivity contribution in [1.82, 2.24) is 9.97 Å². The molecule has 1 atom stereocenters. The lowest BCUT2D eigenvalue weighted by molar-refractivity contribution is -0.929. The van der Waals surface area contributed by atoms with Crippen molar-refractivity contribution in [2.75, 3.05) is 12.8 Å². The van der Waals surface area contributed by atoms with Gasteiger partial charge in [0, 0.05) is 12.0 Å². The van der Waals surface area contributed by atoms with Gasteiger partial charge in [-0.3, -0.25) is 4.79 Å². The number of aromatic amines is 1. The van der Waals surface area contributed by atoms with Crippen molar-refractivity contribution in [2.45, 2.75) is 24.7 Å². The Kier molecular flexibility index (Phi) is 3.97. The number of thiophene rings is 1. The second-order valence-corrected chi connectivity index (χ2v) is 7.73. The van der Waals surface area contributed by atoms with Crippen LogP contribution in [0.4, 0.5) is 0 Å². The van der Waals surface area contributed by atoms with Crippen LogP contribution in [0.15, 0.2) is 40.3 Å². The topological polar surface area (TPSA) is 50.2 Å². The number of rotatable bonds is 3. The van der Waals surface area contributed by atoms with E-state index in [2.05, 4.69) is 40.3 Å². The molecule has 0 aliphatic carbocycles. The first-order valence-corrected chi connectivity index (χ1v) is 9.75. The minimum atomic E-state index is 0.0170. The summed E-state index contributed by atoms with van der Waals surface area (Å²) >= 11 is 3.17. The van der Waals surface area contributed by atoms with Crippen molar-refractivity contribution < 1.29 is 4.90 Å². The summed E-state index contributed by atoms with van der Waals surface area (Å²) in [5.41, 5.74) is 2.61. The normalized spacial score (nSPS) is 17.3. The number of nitrogens with zero attached hydrogens (tertiary/aromatic N) is 1. The second-order valence-electron chi connectivity index (χ2n) is 5.85. The van der Waals surface area contributed by atoms with Gasteiger partial charge in [-0.15, -0.1) is 11.3 Å². The Labute approximate surface area is 142 Å². The van der Waals surface area contributed by atoms with Gasteiger partial charge in [-0.1, -0.05) is 42.1 Å². The summed E-state index contributed by atoms with van der Waals surface area (Å²) in [6.45, 7) is 3.09. The van der Waals surface area contributed by atoms with Crippen LogP contribution in [-0.4, -0.2) is 22.8 Å². The van der Waals surface area contributed by atoms with Crippen molar-refractivity contribution in [3.05, 3.63) is 56.7 Å². The molecule has 0 spiro atoms. The van der Waals surface area contributed by atoms with Crippen LogP contribution in [0.2, 0.25) is 0 Å². The summed E-state index contributed by atoms with van der Waals surface area (Å²) < 4.78 is 0. The van der Waals surface area contributed by atoms with Crippen LogP contribution in [-0.2, 0) is 19.5 Å². The molecule has 0 radical (unpaired) electrons. The Balaban J connectivity index is 1.66. The first-order chi connectivity index (χ1) is 11.2. The molecule has 3 heterocycles. The van der Waals surface area contributed by atoms with Crippen molar-refractivity contribution in [3.63, 3.8) is 0 Å². The SMILES string of the molecule is CSc1nc2sc3c(c2c(=O)[nH]1)CC[NH+](Cc1ccccc1)C3. The summed E-state index contributed by atoms with van der Waals surface area (Å²) in [7, 11) is 0. The van der Waals surface area contributed by atoms with E-state index >= 15 is 0 Å². The lowest BCUT2D eigenvalue weighted by atomic mass is 10.0. The zero-order valence-corrected chi connectivity index (χ0v) is 14.5. The Morgan fingerprint density at radius 1 is 1.35 bits per heavy atom. The van der Waals surface area contributed by atoms with E-state index in [1.165, 1.54) is 27.8 Å². The highest BCUT2D eigenvalue weighted by Gasteiger charge is 2.26. The first kappa shape index (κ1) is 14.9. The van der Waals surface area contributed by atoms with Gasteiger partial charge in [0.05, 0.1) is 16.8 Å². The number of hydrogen-bond donors (Lipinski definition) is 2. The summed E-state index contributed by atoms with van der Waals surface area (Å²) in [6.07, 6.45) is 2.89. The maximum Gasteiger partial charge on any atom is 0.260 e. The molecule has 0 bridgehead atoms. The number of benzene rings is 1. The van der Waals surface area contributed by atoms with Crippen LogP contribution in [0.3, 0.4) is 0 Å². The van der Waals surface area contributed by atoms with Crippen molar-refractivity contribution in [1.29, 1.82) is 0 Å². The summed E-state index contributed by atoms with van der Waals surface area (Å²) in [5, 5.41) is 1.52. The van der Waals surface area contributed by atoms with E-state index in [1.807, 2.05) is 6.26 Å². The van der Waals surface area contributed by atoms with Gasteiger partial charge in [0.2, 0.25) is 0 Å². The lowest BCUT2D eigenvalue weighted by Gasteiger charge is -2.23. The predicted octanol–water partition coefficient (Wildman–Crippen LogP) is 1.85. The average Bonchev–Trinajstić information content (AvgIpc) is 2.93. The van der Waals surface area contributed by atoms with E-state index in [4.69, 9.17) is 0 Å². The number of aromatic nitrogens is 2. The van der Waals surface area contributed by atoms with Crippen LogP contribution in [0, 0.1) is 0 Å². The number of fused-ring (bicyclic) bond motifs is 3. The predicted molar refractivity (Wildman–Crippen MR) is 95.4 cm³/mol. The largest absolute Gasteiger partial charge is 0.326 e. The van der Waals surface area contributed by atoms with E-state index in [1.54, 1.807) is 16.2 Å². The van der Waals surface area contributed by atoms with Gasteiger partial charge in [-0.05, 0) is 11.8 Å². The molecule has 1 unspecified atom stereocenters. The van der Waals surface area contributed by atoms with E-state index in [9.17, 15) is 4.79 Å². The molecule has 3 aromatic rings. The molecule has 0 fully saturated rings. The molecule has 0 saturated heterocycles. The number of hydrogen-bond acceptors (Lipinski definition) is 4. The third-order valence-corrected chi connectivity index (χ3v) is 6.06. The molecular formula is C17H18N3OS2+. The molecule has 23 heavy (non-hydrogen) atoms. The van der Waals surface area contributed by atoms with Crippen LogP contribution < -0.4 is 10.5 Å². The van der Waals surface area contributed by atoms with Crippen LogP contribution in [0.25, 0.3) is 10.2 Å². The van der Waals surface area contributed by atoms with E-state index in [0.717, 1.165) is 36.3 Å². The molecule has 118 valence electrons. The molecule has 4 nitrogen and oxygen atoms in total. The van der Waals surface area contributed by atoms with Gasteiger partial charge in [0.1, 0.15) is 17.9 Å². The van der Waals surface area contributed by atoms with Crippen molar-refractivity contribution >= 4 is 33.3 Å². The number of quaternary nitrogens is 1. The fourth-order valence-electron chi connectivity index (χ4n) is 3.25. The minimum Gasteiger partial charge on any atom is -0.326 e. The molecular weight excluding hydrogens is 326 g/mol. The van der Waals surface area contributed by atoms with Gasteiger partial charge in [-0.25, -0.2) is 4.98 Å². The molecule has 1 aliphatic heterocycles. The van der Waals surface area contributed by atoms with Crippen molar-refractivity contribution in [3.8, 4) is 0 Å². The highest BCUT2D eigenvalue weighted by Crippen LogP contribution is 2.29. The average molecular weight is 344 g/mol. The Morgan fingerprint density at radius 3 is 2.96 bits per heavy atom. The summed E-state index contributed by atoms with van der Waals surface area (Å²) in [5.74, 6) is 0. The van der Waals surface area contributed by atoms with Gasteiger partial charge >= 0.3 is 0 Å². The summed E-state index contributed by atoms with van der Waals surface area (Å²) in [4.78, 5) is 23.6. The smallest absolute Gasteiger partial charge is 0.260 e. The van der Waals surface area contributed by atoms with E-state index < -0.39 is 0 Å².